The number of carbonyl (C=O) groups excluding carboxylic acids is 2. The summed E-state index contributed by atoms with van der Waals surface area (Å²) in [6.45, 7) is 12.7. The minimum atomic E-state index is -0.502. The van der Waals surface area contributed by atoms with E-state index in [2.05, 4.69) is 37.5 Å². The average Bonchev–Trinajstić information content (AvgIpc) is 3.80. The predicted octanol–water partition coefficient (Wildman–Crippen LogP) is 4.93. The Kier molecular flexibility index (Phi) is 11.5. The Balaban J connectivity index is 1.51. The first-order valence-corrected chi connectivity index (χ1v) is 14.9. The van der Waals surface area contributed by atoms with Crippen LogP contribution in [0.1, 0.15) is 86.0 Å². The van der Waals surface area contributed by atoms with Crippen LogP contribution in [0.3, 0.4) is 0 Å². The summed E-state index contributed by atoms with van der Waals surface area (Å²) < 4.78 is 23.5. The van der Waals surface area contributed by atoms with Crippen LogP contribution in [0.2, 0.25) is 0 Å². The number of alkyl carbamates (subject to hydrolysis) is 2. The molecule has 39 heavy (non-hydrogen) atoms. The fraction of sp³-hybridized carbons (Fsp3) is 0.867. The maximum Gasteiger partial charge on any atom is 0.407 e. The standard InChI is InChI=1S/C30H53N3O6/c1-20(2)11-12-22-17-29(22,5)26-25(36-6)24(13-14-30(26)19-38-30)39-28(35)33-23(21(3)4)18-37-27(34)32-16-10-8-7-9-15-31/h11,21-26H,7-10,12-19,31H2,1-6H3,(H,32,34)(H,33,35)/t22-,23-,24?,25?,26?,29-,30-/m0/s1. The Morgan fingerprint density at radius 2 is 1.87 bits per heavy atom. The molecule has 0 bridgehead atoms. The summed E-state index contributed by atoms with van der Waals surface area (Å²) in [6, 6.07) is -0.360. The largest absolute Gasteiger partial charge is 0.447 e. The fourth-order valence-corrected chi connectivity index (χ4v) is 6.36. The van der Waals surface area contributed by atoms with E-state index in [9.17, 15) is 9.59 Å². The summed E-state index contributed by atoms with van der Waals surface area (Å²) in [5.74, 6) is 0.826. The number of rotatable bonds is 15. The van der Waals surface area contributed by atoms with E-state index in [1.807, 2.05) is 13.8 Å². The van der Waals surface area contributed by atoms with Crippen LogP contribution in [0, 0.1) is 23.2 Å². The Labute approximate surface area is 235 Å². The molecule has 3 rings (SSSR count). The zero-order valence-corrected chi connectivity index (χ0v) is 25.1. The maximum absolute atomic E-state index is 13.0. The van der Waals surface area contributed by atoms with E-state index in [0.717, 1.165) is 51.6 Å². The molecule has 1 spiro atoms. The summed E-state index contributed by atoms with van der Waals surface area (Å²) in [4.78, 5) is 25.2. The number of amides is 2. The zero-order valence-electron chi connectivity index (χ0n) is 25.1. The molecule has 0 aromatic carbocycles. The van der Waals surface area contributed by atoms with Crippen LogP contribution in [0.5, 0.6) is 0 Å². The summed E-state index contributed by atoms with van der Waals surface area (Å²) in [5.41, 5.74) is 6.79. The highest BCUT2D eigenvalue weighted by atomic mass is 16.6. The molecular formula is C30H53N3O6. The molecule has 9 heteroatoms. The molecule has 2 amide bonds. The van der Waals surface area contributed by atoms with Crippen LogP contribution >= 0.6 is 0 Å². The number of ether oxygens (including phenoxy) is 4. The van der Waals surface area contributed by atoms with Crippen LogP contribution < -0.4 is 16.4 Å². The van der Waals surface area contributed by atoms with Crippen molar-refractivity contribution in [2.75, 3.05) is 33.4 Å². The first kappa shape index (κ1) is 31.7. The van der Waals surface area contributed by atoms with Gasteiger partial charge < -0.3 is 35.3 Å². The predicted molar refractivity (Wildman–Crippen MR) is 151 cm³/mol. The van der Waals surface area contributed by atoms with Crippen LogP contribution in [0.25, 0.3) is 0 Å². The SMILES string of the molecule is COC1C(OC(=O)N[C@@H](COC(=O)NCCCCCCN)C(C)C)CC[C@]2(CO2)C1[C@@]1(C)C[C@@H]1CC=C(C)C. The van der Waals surface area contributed by atoms with E-state index >= 15 is 0 Å². The van der Waals surface area contributed by atoms with E-state index in [4.69, 9.17) is 24.7 Å². The molecule has 9 nitrogen and oxygen atoms in total. The first-order chi connectivity index (χ1) is 18.6. The van der Waals surface area contributed by atoms with Crippen molar-refractivity contribution in [3.63, 3.8) is 0 Å². The second-order valence-electron chi connectivity index (χ2n) is 12.7. The van der Waals surface area contributed by atoms with Crippen molar-refractivity contribution in [3.8, 4) is 0 Å². The van der Waals surface area contributed by atoms with E-state index < -0.39 is 12.2 Å². The number of epoxide rings is 1. The van der Waals surface area contributed by atoms with Gasteiger partial charge >= 0.3 is 12.2 Å². The number of hydrogen-bond acceptors (Lipinski definition) is 7. The van der Waals surface area contributed by atoms with Crippen LogP contribution in [0.4, 0.5) is 9.59 Å². The van der Waals surface area contributed by atoms with Crippen LogP contribution in [-0.4, -0.2) is 69.5 Å². The Hall–Kier alpha value is -1.84. The number of methoxy groups -OCH3 is 1. The molecule has 0 aromatic heterocycles. The van der Waals surface area contributed by atoms with Crippen molar-refractivity contribution in [1.82, 2.24) is 10.6 Å². The zero-order chi connectivity index (χ0) is 28.6. The molecule has 1 heterocycles. The van der Waals surface area contributed by atoms with E-state index in [-0.39, 0.29) is 47.7 Å². The molecule has 3 aliphatic rings. The quantitative estimate of drug-likeness (QED) is 0.150. The van der Waals surface area contributed by atoms with Crippen molar-refractivity contribution in [1.29, 1.82) is 0 Å². The van der Waals surface area contributed by atoms with Crippen molar-refractivity contribution in [2.45, 2.75) is 110 Å². The molecule has 2 saturated carbocycles. The minimum Gasteiger partial charge on any atom is -0.447 e. The highest BCUT2D eigenvalue weighted by Crippen LogP contribution is 2.68. The third-order valence-corrected chi connectivity index (χ3v) is 9.04. The molecule has 3 unspecified atom stereocenters. The van der Waals surface area contributed by atoms with Gasteiger partial charge in [0, 0.05) is 19.6 Å². The molecule has 224 valence electrons. The highest BCUT2D eigenvalue weighted by Gasteiger charge is 2.70. The van der Waals surface area contributed by atoms with E-state index in [1.165, 1.54) is 5.57 Å². The van der Waals surface area contributed by atoms with Gasteiger partial charge in [-0.2, -0.15) is 0 Å². The Morgan fingerprint density at radius 3 is 2.49 bits per heavy atom. The van der Waals surface area contributed by atoms with Gasteiger partial charge in [0.25, 0.3) is 0 Å². The normalized spacial score (nSPS) is 31.9. The van der Waals surface area contributed by atoms with Crippen molar-refractivity contribution < 1.29 is 28.5 Å². The molecule has 1 aliphatic heterocycles. The molecule has 0 aromatic rings. The lowest BCUT2D eigenvalue weighted by molar-refractivity contribution is -0.120. The summed E-state index contributed by atoms with van der Waals surface area (Å²) >= 11 is 0. The van der Waals surface area contributed by atoms with E-state index in [1.54, 1.807) is 7.11 Å². The Bertz CT molecular complexity index is 841. The molecule has 1 saturated heterocycles. The summed E-state index contributed by atoms with van der Waals surface area (Å²) in [5, 5.41) is 5.70. The van der Waals surface area contributed by atoms with Crippen molar-refractivity contribution in [2.24, 2.45) is 28.9 Å². The summed E-state index contributed by atoms with van der Waals surface area (Å²) in [6.07, 6.45) is 8.49. The Morgan fingerprint density at radius 1 is 1.15 bits per heavy atom. The van der Waals surface area contributed by atoms with Gasteiger partial charge in [-0.1, -0.05) is 45.3 Å². The van der Waals surface area contributed by atoms with Gasteiger partial charge in [-0.05, 0) is 76.2 Å². The lowest BCUT2D eigenvalue weighted by Gasteiger charge is -2.44. The number of hydrogen-bond donors (Lipinski definition) is 3. The average molecular weight is 552 g/mol. The molecule has 2 aliphatic carbocycles. The second kappa shape index (κ2) is 14.2. The van der Waals surface area contributed by atoms with Gasteiger partial charge in [0.05, 0.1) is 18.2 Å². The molecule has 3 fully saturated rings. The lowest BCUT2D eigenvalue weighted by atomic mass is 9.67. The number of unbranched alkanes of at least 4 members (excludes halogenated alkanes) is 3. The molecule has 7 atom stereocenters. The van der Waals surface area contributed by atoms with Crippen LogP contribution in [0.15, 0.2) is 11.6 Å². The third kappa shape index (κ3) is 8.57. The monoisotopic (exact) mass is 551 g/mol. The van der Waals surface area contributed by atoms with Gasteiger partial charge in [-0.15, -0.1) is 0 Å². The smallest absolute Gasteiger partial charge is 0.407 e. The van der Waals surface area contributed by atoms with Gasteiger partial charge in [0.1, 0.15) is 18.8 Å². The van der Waals surface area contributed by atoms with Gasteiger partial charge in [-0.25, -0.2) is 9.59 Å². The number of nitrogens with two attached hydrogens (primary N) is 1. The van der Waals surface area contributed by atoms with Crippen molar-refractivity contribution >= 4 is 12.2 Å². The lowest BCUT2D eigenvalue weighted by Crippen LogP contribution is -2.54. The van der Waals surface area contributed by atoms with Gasteiger partial charge in [-0.3, -0.25) is 0 Å². The summed E-state index contributed by atoms with van der Waals surface area (Å²) in [7, 11) is 1.71. The number of nitrogens with one attached hydrogen (secondary N) is 2. The van der Waals surface area contributed by atoms with Crippen LogP contribution in [-0.2, 0) is 18.9 Å². The minimum absolute atomic E-state index is 0.0586. The number of allylic oxidation sites excluding steroid dienone is 2. The second-order valence-corrected chi connectivity index (χ2v) is 12.7. The molecule has 0 radical (unpaired) electrons. The topological polar surface area (TPSA) is 124 Å². The van der Waals surface area contributed by atoms with Crippen molar-refractivity contribution in [3.05, 3.63) is 11.6 Å². The fourth-order valence-electron chi connectivity index (χ4n) is 6.36. The van der Waals surface area contributed by atoms with Gasteiger partial charge in [0.15, 0.2) is 0 Å². The maximum atomic E-state index is 13.0. The molecular weight excluding hydrogens is 498 g/mol. The number of carbonyl (C=O) groups is 2. The van der Waals surface area contributed by atoms with Gasteiger partial charge in [0.2, 0.25) is 0 Å². The molecule has 4 N–H and O–H groups in total. The van der Waals surface area contributed by atoms with E-state index in [0.29, 0.717) is 25.4 Å². The highest BCUT2D eigenvalue weighted by molar-refractivity contribution is 5.69. The third-order valence-electron chi connectivity index (χ3n) is 9.04. The first-order valence-electron chi connectivity index (χ1n) is 14.9.